The molecule has 4 heteroatoms. The maximum Gasteiger partial charge on any atom is 0.227 e. The fourth-order valence-corrected chi connectivity index (χ4v) is 4.75. The van der Waals surface area contributed by atoms with Crippen molar-refractivity contribution in [2.75, 3.05) is 20.1 Å². The maximum atomic E-state index is 13.9. The maximum absolute atomic E-state index is 13.9. The van der Waals surface area contributed by atoms with E-state index in [1.807, 2.05) is 48.3 Å². The molecule has 0 spiro atoms. The number of rotatable bonds is 6. The molecule has 1 saturated heterocycles. The van der Waals surface area contributed by atoms with Gasteiger partial charge in [0.05, 0.1) is 5.92 Å². The summed E-state index contributed by atoms with van der Waals surface area (Å²) in [5, 5.41) is 0. The molecule has 0 aromatic heterocycles. The third-order valence-corrected chi connectivity index (χ3v) is 6.42. The molecular formula is C28H31FN2O. The highest BCUT2D eigenvalue weighted by atomic mass is 19.1. The number of nitrogens with zero attached hydrogens (tertiary/aromatic N) is 2. The van der Waals surface area contributed by atoms with Crippen LogP contribution in [0.3, 0.4) is 0 Å². The number of hydrogen-bond acceptors (Lipinski definition) is 2. The van der Waals surface area contributed by atoms with Crippen LogP contribution in [-0.4, -0.2) is 35.8 Å². The summed E-state index contributed by atoms with van der Waals surface area (Å²) in [6.07, 6.45) is 0.786. The van der Waals surface area contributed by atoms with E-state index in [-0.39, 0.29) is 23.6 Å². The molecular weight excluding hydrogens is 399 g/mol. The summed E-state index contributed by atoms with van der Waals surface area (Å²) in [6, 6.07) is 25.9. The van der Waals surface area contributed by atoms with Crippen molar-refractivity contribution in [3.05, 3.63) is 107 Å². The van der Waals surface area contributed by atoms with Crippen molar-refractivity contribution in [2.24, 2.45) is 5.92 Å². The van der Waals surface area contributed by atoms with Crippen molar-refractivity contribution in [3.8, 4) is 0 Å². The molecule has 3 nitrogen and oxygen atoms in total. The first-order chi connectivity index (χ1) is 15.5. The second kappa shape index (κ2) is 10.1. The van der Waals surface area contributed by atoms with E-state index in [4.69, 9.17) is 0 Å². The van der Waals surface area contributed by atoms with E-state index in [0.29, 0.717) is 12.1 Å². The molecule has 0 saturated carbocycles. The lowest BCUT2D eigenvalue weighted by Gasteiger charge is -2.39. The van der Waals surface area contributed by atoms with Crippen LogP contribution in [0.1, 0.15) is 34.6 Å². The fraction of sp³-hybridized carbons (Fsp3) is 0.321. The second-order valence-electron chi connectivity index (χ2n) is 9.00. The van der Waals surface area contributed by atoms with Gasteiger partial charge < -0.3 is 4.90 Å². The van der Waals surface area contributed by atoms with Crippen LogP contribution in [0.25, 0.3) is 0 Å². The molecule has 1 amide bonds. The number of likely N-dealkylation sites (tertiary alicyclic amines) is 1. The first kappa shape index (κ1) is 22.2. The van der Waals surface area contributed by atoms with Gasteiger partial charge in [0.25, 0.3) is 0 Å². The van der Waals surface area contributed by atoms with E-state index >= 15 is 0 Å². The molecule has 1 fully saturated rings. The number of piperidine rings is 1. The Labute approximate surface area is 190 Å². The van der Waals surface area contributed by atoms with E-state index in [1.54, 1.807) is 13.0 Å². The number of carbonyl (C=O) groups excluding carboxylic acids is 1. The molecule has 0 radical (unpaired) electrons. The average molecular weight is 431 g/mol. The lowest BCUT2D eigenvalue weighted by molar-refractivity contribution is -0.137. The van der Waals surface area contributed by atoms with Gasteiger partial charge in [0.1, 0.15) is 5.82 Å². The highest BCUT2D eigenvalue weighted by Crippen LogP contribution is 2.33. The van der Waals surface area contributed by atoms with Gasteiger partial charge in [-0.3, -0.25) is 9.69 Å². The number of amides is 1. The molecule has 1 aliphatic rings. The predicted molar refractivity (Wildman–Crippen MR) is 127 cm³/mol. The summed E-state index contributed by atoms with van der Waals surface area (Å²) in [6.45, 7) is 4.83. The van der Waals surface area contributed by atoms with E-state index in [1.165, 1.54) is 5.56 Å². The molecule has 0 N–H and O–H groups in total. The third-order valence-electron chi connectivity index (χ3n) is 6.42. The van der Waals surface area contributed by atoms with Gasteiger partial charge in [-0.05, 0) is 47.6 Å². The smallest absolute Gasteiger partial charge is 0.227 e. The van der Waals surface area contributed by atoms with Gasteiger partial charge in [0.15, 0.2) is 0 Å². The van der Waals surface area contributed by atoms with Crippen LogP contribution in [0.4, 0.5) is 4.39 Å². The van der Waals surface area contributed by atoms with Crippen LogP contribution >= 0.6 is 0 Å². The lowest BCUT2D eigenvalue weighted by Crippen LogP contribution is -2.45. The number of carbonyl (C=O) groups is 1. The van der Waals surface area contributed by atoms with Gasteiger partial charge in [-0.2, -0.15) is 0 Å². The number of halogens is 1. The molecule has 3 aromatic rings. The van der Waals surface area contributed by atoms with Crippen LogP contribution in [-0.2, 0) is 17.9 Å². The predicted octanol–water partition coefficient (Wildman–Crippen LogP) is 5.40. The second-order valence-corrected chi connectivity index (χ2v) is 9.00. The monoisotopic (exact) mass is 430 g/mol. The zero-order valence-electron chi connectivity index (χ0n) is 18.9. The highest BCUT2D eigenvalue weighted by Gasteiger charge is 2.34. The SMILES string of the molecule is Cc1cc(C2CC(C(=O)N(C)Cc3ccccc3)CN(Cc3ccccc3)C2)ccc1F. The van der Waals surface area contributed by atoms with Crippen molar-refractivity contribution < 1.29 is 9.18 Å². The van der Waals surface area contributed by atoms with Crippen molar-refractivity contribution in [1.29, 1.82) is 0 Å². The van der Waals surface area contributed by atoms with Crippen LogP contribution in [0, 0.1) is 18.7 Å². The Hall–Kier alpha value is -2.98. The van der Waals surface area contributed by atoms with Crippen LogP contribution in [0.15, 0.2) is 78.9 Å². The summed E-state index contributed by atoms with van der Waals surface area (Å²) < 4.78 is 13.9. The molecule has 0 aliphatic carbocycles. The van der Waals surface area contributed by atoms with Gasteiger partial charge in [-0.1, -0.05) is 72.8 Å². The molecule has 4 rings (SSSR count). The van der Waals surface area contributed by atoms with Gasteiger partial charge in [0.2, 0.25) is 5.91 Å². The van der Waals surface area contributed by atoms with Crippen LogP contribution in [0.5, 0.6) is 0 Å². The number of aryl methyl sites for hydroxylation is 1. The fourth-order valence-electron chi connectivity index (χ4n) is 4.75. The molecule has 1 aliphatic heterocycles. The standard InChI is InChI=1S/C28H31FN2O/c1-21-15-24(13-14-27(21)29)25-16-26(20-31(19-25)18-23-11-7-4-8-12-23)28(32)30(2)17-22-9-5-3-6-10-22/h3-15,25-26H,16-20H2,1-2H3. The zero-order chi connectivity index (χ0) is 22.5. The van der Waals surface area contributed by atoms with Crippen molar-refractivity contribution in [3.63, 3.8) is 0 Å². The molecule has 0 bridgehead atoms. The zero-order valence-corrected chi connectivity index (χ0v) is 18.9. The molecule has 2 atom stereocenters. The summed E-state index contributed by atoms with van der Waals surface area (Å²) in [4.78, 5) is 17.7. The summed E-state index contributed by atoms with van der Waals surface area (Å²) >= 11 is 0. The normalized spacial score (nSPS) is 19.0. The van der Waals surface area contributed by atoms with E-state index in [0.717, 1.165) is 37.2 Å². The Balaban J connectivity index is 1.54. The lowest BCUT2D eigenvalue weighted by atomic mass is 9.83. The van der Waals surface area contributed by atoms with Crippen LogP contribution in [0.2, 0.25) is 0 Å². The van der Waals surface area contributed by atoms with E-state index in [2.05, 4.69) is 41.3 Å². The minimum atomic E-state index is -0.180. The molecule has 3 aromatic carbocycles. The molecule has 32 heavy (non-hydrogen) atoms. The Kier molecular flexibility index (Phi) is 7.01. The average Bonchev–Trinajstić information content (AvgIpc) is 2.81. The Morgan fingerprint density at radius 3 is 2.28 bits per heavy atom. The third kappa shape index (κ3) is 5.43. The van der Waals surface area contributed by atoms with Crippen molar-refractivity contribution >= 4 is 5.91 Å². The number of hydrogen-bond donors (Lipinski definition) is 0. The van der Waals surface area contributed by atoms with Crippen LogP contribution < -0.4 is 0 Å². The molecule has 166 valence electrons. The van der Waals surface area contributed by atoms with Gasteiger partial charge in [-0.15, -0.1) is 0 Å². The topological polar surface area (TPSA) is 23.6 Å². The van der Waals surface area contributed by atoms with E-state index < -0.39 is 0 Å². The van der Waals surface area contributed by atoms with Gasteiger partial charge >= 0.3 is 0 Å². The summed E-state index contributed by atoms with van der Waals surface area (Å²) in [5.74, 6) is 0.110. The van der Waals surface area contributed by atoms with Crippen molar-refractivity contribution in [2.45, 2.75) is 32.4 Å². The summed E-state index contributed by atoms with van der Waals surface area (Å²) in [5.41, 5.74) is 4.15. The largest absolute Gasteiger partial charge is 0.341 e. The molecule has 2 unspecified atom stereocenters. The number of benzene rings is 3. The quantitative estimate of drug-likeness (QED) is 0.523. The van der Waals surface area contributed by atoms with Gasteiger partial charge in [0, 0.05) is 33.2 Å². The first-order valence-electron chi connectivity index (χ1n) is 11.3. The Morgan fingerprint density at radius 2 is 1.62 bits per heavy atom. The summed E-state index contributed by atoms with van der Waals surface area (Å²) in [7, 11) is 1.89. The van der Waals surface area contributed by atoms with Crippen molar-refractivity contribution in [1.82, 2.24) is 9.80 Å². The first-order valence-corrected chi connectivity index (χ1v) is 11.3. The minimum absolute atomic E-state index is 0.0865. The van der Waals surface area contributed by atoms with Gasteiger partial charge in [-0.25, -0.2) is 4.39 Å². The Morgan fingerprint density at radius 1 is 0.969 bits per heavy atom. The minimum Gasteiger partial charge on any atom is -0.341 e. The molecule has 1 heterocycles. The Bertz CT molecular complexity index is 1040. The highest BCUT2D eigenvalue weighted by molar-refractivity contribution is 5.79. The van der Waals surface area contributed by atoms with E-state index in [9.17, 15) is 9.18 Å².